The summed E-state index contributed by atoms with van der Waals surface area (Å²) in [6, 6.07) is 5.72. The number of hydrogen-bond donors (Lipinski definition) is 2. The second kappa shape index (κ2) is 7.10. The number of anilines is 2. The van der Waals surface area contributed by atoms with Crippen molar-refractivity contribution < 1.29 is 12.8 Å². The SMILES string of the molecule is CC1=NCc2cc3cnc(Nc4ccc(S(N)(=O)=O)c(F)c4)nc3n2C12CCCCC2. The molecule has 1 aliphatic carbocycles. The van der Waals surface area contributed by atoms with Crippen molar-refractivity contribution in [3.8, 4) is 0 Å². The van der Waals surface area contributed by atoms with E-state index in [2.05, 4.69) is 27.9 Å². The van der Waals surface area contributed by atoms with E-state index < -0.39 is 20.7 Å². The fourth-order valence-electron chi connectivity index (χ4n) is 4.87. The number of aromatic nitrogens is 3. The third-order valence-corrected chi connectivity index (χ3v) is 7.32. The molecule has 1 fully saturated rings. The summed E-state index contributed by atoms with van der Waals surface area (Å²) < 4.78 is 39.4. The van der Waals surface area contributed by atoms with Crippen molar-refractivity contribution in [2.24, 2.45) is 10.1 Å². The number of aliphatic imine (C=N–C) groups is 1. The standard InChI is InChI=1S/C21H23FN6O2S/c1-13-21(7-3-2-4-8-21)28-16(12-24-13)9-14-11-25-20(27-19(14)28)26-15-5-6-18(17(22)10-15)31(23,29)30/h5-6,9-11H,2-4,7-8,12H2,1H3,(H2,23,29,30)(H,25,26,27). The first-order chi connectivity index (χ1) is 14.8. The van der Waals surface area contributed by atoms with Gasteiger partial charge in [-0.3, -0.25) is 4.99 Å². The predicted molar refractivity (Wildman–Crippen MR) is 116 cm³/mol. The maximum absolute atomic E-state index is 14.2. The highest BCUT2D eigenvalue weighted by Crippen LogP contribution is 2.42. The van der Waals surface area contributed by atoms with E-state index >= 15 is 0 Å². The van der Waals surface area contributed by atoms with Crippen LogP contribution in [0.4, 0.5) is 16.0 Å². The van der Waals surface area contributed by atoms with Crippen LogP contribution in [-0.2, 0) is 22.1 Å². The van der Waals surface area contributed by atoms with Gasteiger partial charge in [0, 0.05) is 28.7 Å². The Morgan fingerprint density at radius 2 is 1.97 bits per heavy atom. The van der Waals surface area contributed by atoms with Crippen LogP contribution >= 0.6 is 0 Å². The normalized spacial score (nSPS) is 18.1. The smallest absolute Gasteiger partial charge is 0.240 e. The Hall–Kier alpha value is -2.85. The topological polar surface area (TPSA) is 115 Å². The molecule has 10 heteroatoms. The minimum atomic E-state index is -4.12. The summed E-state index contributed by atoms with van der Waals surface area (Å²) in [6.45, 7) is 2.73. The van der Waals surface area contributed by atoms with Gasteiger partial charge in [-0.1, -0.05) is 19.3 Å². The molecule has 1 saturated carbocycles. The van der Waals surface area contributed by atoms with Crippen molar-refractivity contribution in [1.82, 2.24) is 14.5 Å². The van der Waals surface area contributed by atoms with Gasteiger partial charge in [-0.05, 0) is 44.0 Å². The van der Waals surface area contributed by atoms with E-state index in [1.54, 1.807) is 6.20 Å². The average molecular weight is 443 g/mol. The molecule has 0 radical (unpaired) electrons. The number of fused-ring (bicyclic) bond motifs is 4. The Balaban J connectivity index is 1.56. The van der Waals surface area contributed by atoms with Crippen LogP contribution in [-0.4, -0.2) is 28.7 Å². The molecule has 1 spiro atoms. The number of nitrogens with one attached hydrogen (secondary N) is 1. The Bertz CT molecular complexity index is 1330. The number of rotatable bonds is 3. The lowest BCUT2D eigenvalue weighted by Gasteiger charge is -2.42. The molecule has 5 rings (SSSR count). The van der Waals surface area contributed by atoms with Crippen molar-refractivity contribution >= 4 is 38.4 Å². The van der Waals surface area contributed by atoms with Gasteiger partial charge in [0.2, 0.25) is 16.0 Å². The molecule has 3 aromatic rings. The highest BCUT2D eigenvalue weighted by atomic mass is 32.2. The molecule has 0 amide bonds. The predicted octanol–water partition coefficient (Wildman–Crippen LogP) is 3.60. The molecule has 1 aliphatic heterocycles. The zero-order valence-electron chi connectivity index (χ0n) is 17.1. The van der Waals surface area contributed by atoms with Gasteiger partial charge in [-0.2, -0.15) is 4.98 Å². The van der Waals surface area contributed by atoms with Gasteiger partial charge in [0.25, 0.3) is 0 Å². The zero-order chi connectivity index (χ0) is 21.8. The summed E-state index contributed by atoms with van der Waals surface area (Å²) in [5.74, 6) is -0.621. The van der Waals surface area contributed by atoms with E-state index in [1.807, 2.05) is 0 Å². The van der Waals surface area contributed by atoms with Crippen LogP contribution in [0.25, 0.3) is 11.0 Å². The average Bonchev–Trinajstić information content (AvgIpc) is 3.10. The molecular formula is C21H23FN6O2S. The molecule has 0 saturated heterocycles. The summed E-state index contributed by atoms with van der Waals surface area (Å²) in [4.78, 5) is 13.4. The first kappa shape index (κ1) is 20.1. The molecule has 0 atom stereocenters. The zero-order valence-corrected chi connectivity index (χ0v) is 17.9. The molecule has 8 nitrogen and oxygen atoms in total. The third kappa shape index (κ3) is 3.30. The van der Waals surface area contributed by atoms with E-state index in [4.69, 9.17) is 15.1 Å². The third-order valence-electron chi connectivity index (χ3n) is 6.37. The van der Waals surface area contributed by atoms with Crippen LogP contribution in [0, 0.1) is 5.82 Å². The summed E-state index contributed by atoms with van der Waals surface area (Å²) in [7, 11) is -4.12. The fourth-order valence-corrected chi connectivity index (χ4v) is 5.45. The molecule has 0 bridgehead atoms. The van der Waals surface area contributed by atoms with Crippen LogP contribution in [0.3, 0.4) is 0 Å². The van der Waals surface area contributed by atoms with Crippen LogP contribution in [0.15, 0.2) is 40.4 Å². The Labute approximate surface area is 179 Å². The van der Waals surface area contributed by atoms with Gasteiger partial charge < -0.3 is 9.88 Å². The Morgan fingerprint density at radius 3 is 2.68 bits per heavy atom. The van der Waals surface area contributed by atoms with Crippen molar-refractivity contribution in [2.45, 2.75) is 56.0 Å². The van der Waals surface area contributed by atoms with Gasteiger partial charge in [0.05, 0.1) is 12.1 Å². The number of primary sulfonamides is 1. The maximum atomic E-state index is 14.2. The summed E-state index contributed by atoms with van der Waals surface area (Å²) >= 11 is 0. The molecule has 0 unspecified atom stereocenters. The molecule has 3 heterocycles. The lowest BCUT2D eigenvalue weighted by Crippen LogP contribution is -2.45. The van der Waals surface area contributed by atoms with Crippen LogP contribution < -0.4 is 10.5 Å². The van der Waals surface area contributed by atoms with Gasteiger partial charge in [0.15, 0.2) is 0 Å². The molecular weight excluding hydrogens is 419 g/mol. The number of sulfonamides is 1. The molecule has 2 aromatic heterocycles. The van der Waals surface area contributed by atoms with Crippen LogP contribution in [0.5, 0.6) is 0 Å². The van der Waals surface area contributed by atoms with Gasteiger partial charge >= 0.3 is 0 Å². The Morgan fingerprint density at radius 1 is 1.19 bits per heavy atom. The molecule has 3 N–H and O–H groups in total. The monoisotopic (exact) mass is 442 g/mol. The minimum absolute atomic E-state index is 0.150. The molecule has 2 aliphatic rings. The van der Waals surface area contributed by atoms with Crippen LogP contribution in [0.1, 0.15) is 44.7 Å². The van der Waals surface area contributed by atoms with Crippen molar-refractivity contribution in [3.05, 3.63) is 42.0 Å². The van der Waals surface area contributed by atoms with E-state index in [9.17, 15) is 12.8 Å². The number of nitrogens with zero attached hydrogens (tertiary/aromatic N) is 4. The number of halogens is 1. The minimum Gasteiger partial charge on any atom is -0.324 e. The molecule has 31 heavy (non-hydrogen) atoms. The van der Waals surface area contributed by atoms with Crippen molar-refractivity contribution in [2.75, 3.05) is 5.32 Å². The quantitative estimate of drug-likeness (QED) is 0.643. The first-order valence-corrected chi connectivity index (χ1v) is 11.8. The molecule has 162 valence electrons. The highest BCUT2D eigenvalue weighted by Gasteiger charge is 2.41. The Kier molecular flexibility index (Phi) is 4.60. The maximum Gasteiger partial charge on any atom is 0.240 e. The fraction of sp³-hybridized carbons (Fsp3) is 0.381. The van der Waals surface area contributed by atoms with Gasteiger partial charge in [0.1, 0.15) is 16.4 Å². The first-order valence-electron chi connectivity index (χ1n) is 10.3. The summed E-state index contributed by atoms with van der Waals surface area (Å²) in [5.41, 5.74) is 3.27. The van der Waals surface area contributed by atoms with Gasteiger partial charge in [-0.15, -0.1) is 0 Å². The lowest BCUT2D eigenvalue weighted by molar-refractivity contribution is 0.274. The lowest BCUT2D eigenvalue weighted by atomic mass is 9.77. The van der Waals surface area contributed by atoms with E-state index in [0.29, 0.717) is 18.2 Å². The van der Waals surface area contributed by atoms with Crippen molar-refractivity contribution in [3.63, 3.8) is 0 Å². The van der Waals surface area contributed by atoms with Crippen LogP contribution in [0.2, 0.25) is 0 Å². The van der Waals surface area contributed by atoms with Crippen molar-refractivity contribution in [1.29, 1.82) is 0 Å². The number of hydrogen-bond acceptors (Lipinski definition) is 6. The summed E-state index contributed by atoms with van der Waals surface area (Å²) in [6.07, 6.45) is 7.34. The van der Waals surface area contributed by atoms with E-state index in [1.165, 1.54) is 12.5 Å². The summed E-state index contributed by atoms with van der Waals surface area (Å²) in [5, 5.41) is 8.94. The number of benzene rings is 1. The largest absolute Gasteiger partial charge is 0.324 e. The van der Waals surface area contributed by atoms with E-state index in [0.717, 1.165) is 60.3 Å². The second-order valence-electron chi connectivity index (χ2n) is 8.25. The van der Waals surface area contributed by atoms with E-state index in [-0.39, 0.29) is 5.54 Å². The highest BCUT2D eigenvalue weighted by molar-refractivity contribution is 7.89. The molecule has 1 aromatic carbocycles. The second-order valence-corrected chi connectivity index (χ2v) is 9.78. The van der Waals surface area contributed by atoms with Gasteiger partial charge in [-0.25, -0.2) is 22.9 Å². The number of nitrogens with two attached hydrogens (primary N) is 1.